The summed E-state index contributed by atoms with van der Waals surface area (Å²) >= 11 is 0.887. The average molecular weight is 539 g/mol. The third-order valence-electron chi connectivity index (χ3n) is 5.96. The molecule has 1 saturated heterocycles. The van der Waals surface area contributed by atoms with Gasteiger partial charge in [-0.25, -0.2) is 14.2 Å². The zero-order chi connectivity index (χ0) is 27.4. The lowest BCUT2D eigenvalue weighted by atomic mass is 9.95. The van der Waals surface area contributed by atoms with Gasteiger partial charge >= 0.3 is 11.9 Å². The Morgan fingerprint density at radius 2 is 1.89 bits per heavy atom. The van der Waals surface area contributed by atoms with Crippen molar-refractivity contribution in [3.63, 3.8) is 0 Å². The summed E-state index contributed by atoms with van der Waals surface area (Å²) in [4.78, 5) is 44.6. The first-order chi connectivity index (χ1) is 18.3. The lowest BCUT2D eigenvalue weighted by Crippen LogP contribution is -2.29. The fraction of sp³-hybridized carbons (Fsp3) is 0.286. The maximum Gasteiger partial charge on any atom is 0.350 e. The highest BCUT2D eigenvalue weighted by molar-refractivity contribution is 7.17. The van der Waals surface area contributed by atoms with Crippen molar-refractivity contribution in [2.24, 2.45) is 0 Å². The van der Waals surface area contributed by atoms with Crippen LogP contribution in [0.5, 0.6) is 5.75 Å². The van der Waals surface area contributed by atoms with Gasteiger partial charge in [0.15, 0.2) is 5.13 Å². The molecule has 1 N–H and O–H groups in total. The van der Waals surface area contributed by atoms with Crippen LogP contribution in [0.3, 0.4) is 0 Å². The van der Waals surface area contributed by atoms with E-state index in [0.717, 1.165) is 29.1 Å². The number of ketones is 1. The molecule has 1 atom stereocenters. The van der Waals surface area contributed by atoms with Gasteiger partial charge < -0.3 is 14.6 Å². The first kappa shape index (κ1) is 27.0. The van der Waals surface area contributed by atoms with Crippen LogP contribution in [0, 0.1) is 12.7 Å². The van der Waals surface area contributed by atoms with E-state index in [4.69, 9.17) is 9.47 Å². The number of aryl methyl sites for hydroxylation is 1. The van der Waals surface area contributed by atoms with Gasteiger partial charge in [0.25, 0.3) is 5.78 Å². The number of benzene rings is 2. The second-order valence-corrected chi connectivity index (χ2v) is 9.56. The van der Waals surface area contributed by atoms with E-state index in [1.807, 2.05) is 0 Å². The van der Waals surface area contributed by atoms with Crippen molar-refractivity contribution in [1.82, 2.24) is 4.98 Å². The lowest BCUT2D eigenvalue weighted by molar-refractivity contribution is -0.132. The SMILES string of the molecule is CCCCOc1ccc(C(O)=C2C(=O)C(=O)N(c3nc(C)c(C(=O)OCC)s3)C2c2cccc(F)c2)cc1. The number of aliphatic hydroxyl groups excluding tert-OH is 1. The van der Waals surface area contributed by atoms with Crippen LogP contribution in [0.15, 0.2) is 54.1 Å². The van der Waals surface area contributed by atoms with E-state index in [9.17, 15) is 23.9 Å². The molecule has 8 nitrogen and oxygen atoms in total. The highest BCUT2D eigenvalue weighted by Gasteiger charge is 2.48. The molecule has 1 aliphatic heterocycles. The van der Waals surface area contributed by atoms with Crippen LogP contribution in [-0.2, 0) is 14.3 Å². The number of halogens is 1. The molecule has 4 rings (SSSR count). The van der Waals surface area contributed by atoms with Crippen molar-refractivity contribution in [2.75, 3.05) is 18.1 Å². The number of hydrogen-bond acceptors (Lipinski definition) is 8. The van der Waals surface area contributed by atoms with Crippen molar-refractivity contribution < 1.29 is 33.4 Å². The quantitative estimate of drug-likeness (QED) is 0.125. The number of anilines is 1. The van der Waals surface area contributed by atoms with Crippen LogP contribution in [0.4, 0.5) is 9.52 Å². The molecule has 2 aromatic carbocycles. The molecule has 1 unspecified atom stereocenters. The molecule has 0 saturated carbocycles. The van der Waals surface area contributed by atoms with E-state index in [0.29, 0.717) is 18.1 Å². The normalized spacial score (nSPS) is 16.6. The number of unbranched alkanes of at least 4 members (excludes halogenated alkanes) is 1. The average Bonchev–Trinajstić information content (AvgIpc) is 3.41. The number of aliphatic hydroxyl groups is 1. The minimum Gasteiger partial charge on any atom is -0.507 e. The third kappa shape index (κ3) is 5.31. The second-order valence-electron chi connectivity index (χ2n) is 8.58. The molecule has 1 fully saturated rings. The Labute approximate surface area is 223 Å². The van der Waals surface area contributed by atoms with Gasteiger partial charge in [0.1, 0.15) is 22.2 Å². The van der Waals surface area contributed by atoms with Gasteiger partial charge in [-0.1, -0.05) is 36.8 Å². The minimum atomic E-state index is -1.17. The first-order valence-corrected chi connectivity index (χ1v) is 13.0. The molecular formula is C28H27FN2O6S. The Balaban J connectivity index is 1.81. The maximum absolute atomic E-state index is 14.3. The molecule has 1 amide bonds. The van der Waals surface area contributed by atoms with Gasteiger partial charge in [0.2, 0.25) is 0 Å². The predicted molar refractivity (Wildman–Crippen MR) is 141 cm³/mol. The van der Waals surface area contributed by atoms with Crippen molar-refractivity contribution in [1.29, 1.82) is 0 Å². The van der Waals surface area contributed by atoms with Gasteiger partial charge in [-0.2, -0.15) is 0 Å². The summed E-state index contributed by atoms with van der Waals surface area (Å²) in [6.45, 7) is 6.01. The summed E-state index contributed by atoms with van der Waals surface area (Å²) in [5.41, 5.74) is 0.651. The number of hydrogen-bond donors (Lipinski definition) is 1. The summed E-state index contributed by atoms with van der Waals surface area (Å²) < 4.78 is 25.0. The number of thiazole rings is 1. The van der Waals surface area contributed by atoms with Crippen LogP contribution in [0.25, 0.3) is 5.76 Å². The Bertz CT molecular complexity index is 1400. The molecule has 3 aromatic rings. The van der Waals surface area contributed by atoms with E-state index in [1.54, 1.807) is 44.2 Å². The zero-order valence-electron chi connectivity index (χ0n) is 21.2. The highest BCUT2D eigenvalue weighted by Crippen LogP contribution is 2.44. The number of amides is 1. The number of carbonyl (C=O) groups excluding carboxylic acids is 3. The Kier molecular flexibility index (Phi) is 8.21. The second kappa shape index (κ2) is 11.6. The molecule has 38 heavy (non-hydrogen) atoms. The number of nitrogens with zero attached hydrogens (tertiary/aromatic N) is 2. The number of aromatic nitrogens is 1. The van der Waals surface area contributed by atoms with Gasteiger partial charge in [-0.05, 0) is 62.2 Å². The number of rotatable bonds is 9. The smallest absolute Gasteiger partial charge is 0.350 e. The summed E-state index contributed by atoms with van der Waals surface area (Å²) in [6.07, 6.45) is 1.88. The molecule has 0 radical (unpaired) electrons. The third-order valence-corrected chi connectivity index (χ3v) is 7.09. The van der Waals surface area contributed by atoms with Gasteiger partial charge in [0.05, 0.1) is 30.5 Å². The van der Waals surface area contributed by atoms with Gasteiger partial charge in [-0.15, -0.1) is 0 Å². The highest BCUT2D eigenvalue weighted by atomic mass is 32.1. The topological polar surface area (TPSA) is 106 Å². The number of ether oxygens (including phenoxy) is 2. The Morgan fingerprint density at radius 3 is 2.55 bits per heavy atom. The van der Waals surface area contributed by atoms with E-state index in [1.165, 1.54) is 18.2 Å². The van der Waals surface area contributed by atoms with E-state index in [-0.39, 0.29) is 33.3 Å². The van der Waals surface area contributed by atoms with Crippen LogP contribution < -0.4 is 9.64 Å². The first-order valence-electron chi connectivity index (χ1n) is 12.2. The molecule has 0 aliphatic carbocycles. The summed E-state index contributed by atoms with van der Waals surface area (Å²) in [5, 5.41) is 11.3. The largest absolute Gasteiger partial charge is 0.507 e. The lowest BCUT2D eigenvalue weighted by Gasteiger charge is -2.23. The molecule has 1 aromatic heterocycles. The monoisotopic (exact) mass is 538 g/mol. The van der Waals surface area contributed by atoms with E-state index in [2.05, 4.69) is 11.9 Å². The minimum absolute atomic E-state index is 0.0561. The predicted octanol–water partition coefficient (Wildman–Crippen LogP) is 5.57. The maximum atomic E-state index is 14.3. The number of esters is 1. The molecule has 10 heteroatoms. The molecule has 198 valence electrons. The van der Waals surface area contributed by atoms with Crippen molar-refractivity contribution in [3.05, 3.63) is 81.6 Å². The summed E-state index contributed by atoms with van der Waals surface area (Å²) in [7, 11) is 0. The molecule has 0 bridgehead atoms. The van der Waals surface area contributed by atoms with Crippen molar-refractivity contribution in [3.8, 4) is 5.75 Å². The van der Waals surface area contributed by atoms with Crippen LogP contribution >= 0.6 is 11.3 Å². The summed E-state index contributed by atoms with van der Waals surface area (Å²) in [5.74, 6) is -2.91. The summed E-state index contributed by atoms with van der Waals surface area (Å²) in [6, 6.07) is 10.7. The molecule has 1 aliphatic rings. The fourth-order valence-electron chi connectivity index (χ4n) is 4.09. The zero-order valence-corrected chi connectivity index (χ0v) is 22.0. The number of carbonyl (C=O) groups is 3. The van der Waals surface area contributed by atoms with Gasteiger partial charge in [-0.3, -0.25) is 14.5 Å². The molecule has 2 heterocycles. The molecule has 0 spiro atoms. The van der Waals surface area contributed by atoms with Crippen molar-refractivity contribution in [2.45, 2.75) is 39.7 Å². The van der Waals surface area contributed by atoms with Crippen molar-refractivity contribution >= 4 is 39.9 Å². The number of Topliss-reactive ketones (excluding diaryl/α,β-unsaturated/α-hetero) is 1. The van der Waals surface area contributed by atoms with Crippen LogP contribution in [0.2, 0.25) is 0 Å². The Morgan fingerprint density at radius 1 is 1.16 bits per heavy atom. The fourth-order valence-corrected chi connectivity index (χ4v) is 5.08. The van der Waals surface area contributed by atoms with E-state index < -0.39 is 35.3 Å². The van der Waals surface area contributed by atoms with Crippen LogP contribution in [-0.4, -0.2) is 41.0 Å². The van der Waals surface area contributed by atoms with Crippen LogP contribution in [0.1, 0.15) is 59.2 Å². The molecular weight excluding hydrogens is 511 g/mol. The van der Waals surface area contributed by atoms with E-state index >= 15 is 0 Å². The van der Waals surface area contributed by atoms with Gasteiger partial charge in [0, 0.05) is 5.56 Å². The standard InChI is InChI=1S/C28H27FN2O6S/c1-4-6-14-37-20-12-10-17(11-13-20)23(32)21-22(18-8-7-9-19(29)15-18)31(26(34)24(21)33)28-30-16(3)25(38-28)27(35)36-5-2/h7-13,15,22,32H,4-6,14H2,1-3H3. The Hall–Kier alpha value is -4.05.